The second kappa shape index (κ2) is 12.6. The zero-order valence-corrected chi connectivity index (χ0v) is 23.8. The molecule has 1 aliphatic heterocycles. The van der Waals surface area contributed by atoms with E-state index in [-0.39, 0.29) is 23.6 Å². The fourth-order valence-corrected chi connectivity index (χ4v) is 5.65. The molecule has 16 heteroatoms. The van der Waals surface area contributed by atoms with Crippen LogP contribution in [0, 0.1) is 0 Å². The van der Waals surface area contributed by atoms with Gasteiger partial charge < -0.3 is 23.5 Å². The van der Waals surface area contributed by atoms with Crippen molar-refractivity contribution in [2.75, 3.05) is 11.7 Å². The first-order chi connectivity index (χ1) is 19.5. The third kappa shape index (κ3) is 7.37. The number of para-hydroxylation sites is 1. The number of nitrogens with one attached hydrogen (secondary N) is 1. The predicted octanol–water partition coefficient (Wildman–Crippen LogP) is 3.17. The summed E-state index contributed by atoms with van der Waals surface area (Å²) in [7, 11) is -4.02. The second-order valence-electron chi connectivity index (χ2n) is 9.23. The van der Waals surface area contributed by atoms with Gasteiger partial charge in [-0.3, -0.25) is 28.6 Å². The molecule has 5 atom stereocenters. The van der Waals surface area contributed by atoms with Crippen LogP contribution in [0.4, 0.5) is 5.82 Å². The van der Waals surface area contributed by atoms with Gasteiger partial charge in [0.1, 0.15) is 24.8 Å². The van der Waals surface area contributed by atoms with E-state index in [2.05, 4.69) is 20.0 Å². The number of aromatic nitrogens is 4. The van der Waals surface area contributed by atoms with Gasteiger partial charge in [0, 0.05) is 20.8 Å². The number of ether oxygens (including phenoxy) is 4. The zero-order chi connectivity index (χ0) is 29.7. The third-order valence-electron chi connectivity index (χ3n) is 5.53. The molecule has 0 bridgehead atoms. The van der Waals surface area contributed by atoms with Crippen molar-refractivity contribution in [3.8, 4) is 5.75 Å². The summed E-state index contributed by atoms with van der Waals surface area (Å²) in [6.07, 6.45) is -2.29. The zero-order valence-electron chi connectivity index (χ0n) is 23.0. The van der Waals surface area contributed by atoms with Crippen LogP contribution >= 0.6 is 7.75 Å². The smallest absolute Gasteiger partial charge is 0.463 e. The first-order valence-electron chi connectivity index (χ1n) is 12.6. The van der Waals surface area contributed by atoms with Crippen molar-refractivity contribution in [3.63, 3.8) is 0 Å². The molecular formula is C25H30N5O10P. The molecule has 0 radical (unpaired) electrons. The maximum Gasteiger partial charge on any atom is 0.487 e. The fraction of sp³-hybridized carbons (Fsp3) is 0.440. The Balaban J connectivity index is 1.70. The Hall–Kier alpha value is -4.07. The summed E-state index contributed by atoms with van der Waals surface area (Å²) < 4.78 is 48.6. The molecule has 41 heavy (non-hydrogen) atoms. The topological polar surface area (TPSA) is 179 Å². The highest BCUT2D eigenvalue weighted by atomic mass is 31.2. The van der Waals surface area contributed by atoms with Gasteiger partial charge in [0.05, 0.1) is 12.4 Å². The highest BCUT2D eigenvalue weighted by Gasteiger charge is 2.51. The second-order valence-corrected chi connectivity index (χ2v) is 10.8. The van der Waals surface area contributed by atoms with E-state index < -0.39 is 56.3 Å². The SMILES string of the molecule is CC(=O)OC[C@H]1O[C@@H](n2cnc3c(NP(=O)(Oc4ccccc4)OC(C)C)ncnc32)[C@H](OC(C)=O)[C@@H]1OC(C)=O. The number of carbonyl (C=O) groups excluding carboxylic acids is 3. The highest BCUT2D eigenvalue weighted by molar-refractivity contribution is 7.55. The van der Waals surface area contributed by atoms with E-state index in [0.29, 0.717) is 5.75 Å². The van der Waals surface area contributed by atoms with E-state index in [9.17, 15) is 18.9 Å². The number of anilines is 1. The standard InChI is InChI=1S/C25H30N5O10P/c1-14(2)39-41(34,40-18-9-7-6-8-10-18)29-23-20-24(27-12-26-23)30(13-28-20)25-22(37-17(5)33)21(36-16(4)32)19(38-25)11-35-15(3)31/h6-10,12-14,19,21-22,25H,11H2,1-5H3,(H,26,27,29,34)/t19-,21-,22-,25-,41?/m1/s1. The lowest BCUT2D eigenvalue weighted by atomic mass is 10.1. The largest absolute Gasteiger partial charge is 0.487 e. The molecule has 15 nitrogen and oxygen atoms in total. The minimum absolute atomic E-state index is 0.0312. The van der Waals surface area contributed by atoms with Crippen LogP contribution in [-0.2, 0) is 42.4 Å². The van der Waals surface area contributed by atoms with Crippen LogP contribution in [0.15, 0.2) is 43.0 Å². The van der Waals surface area contributed by atoms with E-state index in [1.54, 1.807) is 44.2 Å². The minimum atomic E-state index is -4.02. The summed E-state index contributed by atoms with van der Waals surface area (Å²) in [6, 6.07) is 8.48. The molecule has 2 aromatic heterocycles. The van der Waals surface area contributed by atoms with E-state index >= 15 is 0 Å². The maximum absolute atomic E-state index is 13.7. The monoisotopic (exact) mass is 591 g/mol. The van der Waals surface area contributed by atoms with E-state index in [0.717, 1.165) is 0 Å². The van der Waals surface area contributed by atoms with E-state index in [4.69, 9.17) is 28.0 Å². The summed E-state index contributed by atoms with van der Waals surface area (Å²) in [5.74, 6) is -1.57. The quantitative estimate of drug-likeness (QED) is 0.195. The first kappa shape index (κ1) is 29.9. The minimum Gasteiger partial charge on any atom is -0.463 e. The van der Waals surface area contributed by atoms with Gasteiger partial charge in [0.15, 0.2) is 35.4 Å². The molecule has 0 amide bonds. The molecule has 0 spiro atoms. The highest BCUT2D eigenvalue weighted by Crippen LogP contribution is 2.49. The number of esters is 3. The molecular weight excluding hydrogens is 561 g/mol. The molecule has 1 saturated heterocycles. The van der Waals surface area contributed by atoms with Crippen LogP contribution in [0.5, 0.6) is 5.75 Å². The molecule has 1 N–H and O–H groups in total. The van der Waals surface area contributed by atoms with Crippen LogP contribution in [0.3, 0.4) is 0 Å². The number of rotatable bonds is 11. The number of fused-ring (bicyclic) bond motifs is 1. The number of hydrogen-bond acceptors (Lipinski definition) is 13. The first-order valence-corrected chi connectivity index (χ1v) is 14.1. The molecule has 3 heterocycles. The van der Waals surface area contributed by atoms with Gasteiger partial charge in [-0.2, -0.15) is 0 Å². The van der Waals surface area contributed by atoms with Gasteiger partial charge in [-0.25, -0.2) is 19.5 Å². The third-order valence-corrected chi connectivity index (χ3v) is 7.17. The van der Waals surface area contributed by atoms with Crippen LogP contribution in [-0.4, -0.2) is 68.4 Å². The summed E-state index contributed by atoms with van der Waals surface area (Å²) in [6.45, 7) is 6.72. The van der Waals surface area contributed by atoms with Crippen LogP contribution in [0.1, 0.15) is 40.8 Å². The molecule has 3 aromatic rings. The number of imidazole rings is 1. The average Bonchev–Trinajstić information content (AvgIpc) is 3.44. The maximum atomic E-state index is 13.7. The Labute approximate surface area is 235 Å². The van der Waals surface area contributed by atoms with Crippen molar-refractivity contribution < 1.29 is 46.9 Å². The molecule has 1 aromatic carbocycles. The molecule has 4 rings (SSSR count). The molecule has 0 saturated carbocycles. The van der Waals surface area contributed by atoms with Crippen molar-refractivity contribution in [1.29, 1.82) is 0 Å². The van der Waals surface area contributed by atoms with Gasteiger partial charge in [0.25, 0.3) is 0 Å². The van der Waals surface area contributed by atoms with Crippen molar-refractivity contribution in [2.45, 2.75) is 65.3 Å². The summed E-state index contributed by atoms with van der Waals surface area (Å²) in [4.78, 5) is 48.2. The van der Waals surface area contributed by atoms with Crippen LogP contribution < -0.4 is 9.61 Å². The van der Waals surface area contributed by atoms with Gasteiger partial charge in [-0.15, -0.1) is 0 Å². The van der Waals surface area contributed by atoms with Crippen molar-refractivity contribution in [1.82, 2.24) is 19.5 Å². The van der Waals surface area contributed by atoms with Crippen LogP contribution in [0.2, 0.25) is 0 Å². The summed E-state index contributed by atoms with van der Waals surface area (Å²) >= 11 is 0. The van der Waals surface area contributed by atoms with E-state index in [1.807, 2.05) is 0 Å². The molecule has 1 unspecified atom stereocenters. The lowest BCUT2D eigenvalue weighted by Crippen LogP contribution is -2.40. The Bertz CT molecular complexity index is 1450. The lowest BCUT2D eigenvalue weighted by Gasteiger charge is -2.24. The lowest BCUT2D eigenvalue weighted by molar-refractivity contribution is -0.166. The summed E-state index contributed by atoms with van der Waals surface area (Å²) in [5, 5.41) is 2.73. The Morgan fingerprint density at radius 3 is 2.32 bits per heavy atom. The number of carbonyl (C=O) groups is 3. The molecule has 1 aliphatic rings. The van der Waals surface area contributed by atoms with Gasteiger partial charge >= 0.3 is 25.7 Å². The predicted molar refractivity (Wildman–Crippen MR) is 141 cm³/mol. The average molecular weight is 592 g/mol. The van der Waals surface area contributed by atoms with Gasteiger partial charge in [-0.1, -0.05) is 18.2 Å². The number of hydrogen-bond donors (Lipinski definition) is 1. The molecule has 220 valence electrons. The number of nitrogens with zero attached hydrogens (tertiary/aromatic N) is 4. The van der Waals surface area contributed by atoms with E-state index in [1.165, 1.54) is 38.0 Å². The summed E-state index contributed by atoms with van der Waals surface area (Å²) in [5.41, 5.74) is 0.351. The fourth-order valence-electron chi connectivity index (χ4n) is 4.13. The van der Waals surface area contributed by atoms with Gasteiger partial charge in [0.2, 0.25) is 0 Å². The Morgan fingerprint density at radius 1 is 1.00 bits per heavy atom. The Morgan fingerprint density at radius 2 is 1.68 bits per heavy atom. The molecule has 0 aliphatic carbocycles. The number of benzene rings is 1. The van der Waals surface area contributed by atoms with Crippen molar-refractivity contribution >= 4 is 42.6 Å². The van der Waals surface area contributed by atoms with Crippen molar-refractivity contribution in [3.05, 3.63) is 43.0 Å². The normalized spacial score (nSPS) is 21.7. The van der Waals surface area contributed by atoms with Crippen LogP contribution in [0.25, 0.3) is 11.2 Å². The van der Waals surface area contributed by atoms with Gasteiger partial charge in [-0.05, 0) is 26.0 Å². The Kier molecular flexibility index (Phi) is 9.21. The van der Waals surface area contributed by atoms with Crippen molar-refractivity contribution in [2.24, 2.45) is 0 Å². The molecule has 1 fully saturated rings.